The van der Waals surface area contributed by atoms with Crippen LogP contribution in [0.4, 0.5) is 5.69 Å². The lowest BCUT2D eigenvalue weighted by atomic mass is 10.3. The molecule has 0 amide bonds. The van der Waals surface area contributed by atoms with Crippen LogP contribution < -0.4 is 9.83 Å². The maximum Gasteiger partial charge on any atom is 0.261 e. The van der Waals surface area contributed by atoms with E-state index in [2.05, 4.69) is 9.71 Å². The SMILES string of the molecule is O=C([O-])c1cncc(NS(=O)(=O)c2ccccc2)c1. The Kier molecular flexibility index (Phi) is 3.48. The van der Waals surface area contributed by atoms with Crippen molar-refractivity contribution in [2.24, 2.45) is 0 Å². The highest BCUT2D eigenvalue weighted by Gasteiger charge is 2.13. The van der Waals surface area contributed by atoms with Crippen LogP contribution in [0.3, 0.4) is 0 Å². The van der Waals surface area contributed by atoms with Crippen molar-refractivity contribution < 1.29 is 18.3 Å². The van der Waals surface area contributed by atoms with E-state index in [1.165, 1.54) is 18.3 Å². The molecule has 1 aromatic carbocycles. The number of carboxylic acids is 1. The molecule has 1 aromatic heterocycles. The second kappa shape index (κ2) is 5.07. The Morgan fingerprint density at radius 2 is 1.84 bits per heavy atom. The minimum absolute atomic E-state index is 0.0607. The first kappa shape index (κ1) is 13.0. The second-order valence-electron chi connectivity index (χ2n) is 3.67. The van der Waals surface area contributed by atoms with Gasteiger partial charge < -0.3 is 9.90 Å². The van der Waals surface area contributed by atoms with Gasteiger partial charge in [-0.05, 0) is 18.2 Å². The number of hydrogen-bond acceptors (Lipinski definition) is 5. The maximum absolute atomic E-state index is 12.0. The van der Waals surface area contributed by atoms with Crippen LogP contribution in [0.5, 0.6) is 0 Å². The molecule has 0 saturated heterocycles. The number of carbonyl (C=O) groups is 1. The third kappa shape index (κ3) is 3.08. The zero-order valence-corrected chi connectivity index (χ0v) is 10.4. The first-order valence-corrected chi connectivity index (χ1v) is 6.71. The Morgan fingerprint density at radius 1 is 1.16 bits per heavy atom. The van der Waals surface area contributed by atoms with Crippen molar-refractivity contribution in [1.29, 1.82) is 0 Å². The third-order valence-corrected chi connectivity index (χ3v) is 3.68. The van der Waals surface area contributed by atoms with E-state index in [0.717, 1.165) is 12.3 Å². The zero-order chi connectivity index (χ0) is 13.9. The monoisotopic (exact) mass is 277 g/mol. The number of sulfonamides is 1. The van der Waals surface area contributed by atoms with E-state index in [1.54, 1.807) is 18.2 Å². The number of anilines is 1. The summed E-state index contributed by atoms with van der Waals surface area (Å²) in [5, 5.41) is 10.7. The molecule has 2 rings (SSSR count). The van der Waals surface area contributed by atoms with E-state index < -0.39 is 16.0 Å². The minimum atomic E-state index is -3.76. The van der Waals surface area contributed by atoms with E-state index in [9.17, 15) is 18.3 Å². The molecule has 1 heterocycles. The molecule has 2 aromatic rings. The molecule has 0 atom stereocenters. The summed E-state index contributed by atoms with van der Waals surface area (Å²) in [7, 11) is -3.76. The van der Waals surface area contributed by atoms with Crippen LogP contribution in [0.2, 0.25) is 0 Å². The van der Waals surface area contributed by atoms with Gasteiger partial charge in [0.1, 0.15) is 0 Å². The Bertz CT molecular complexity index is 699. The highest BCUT2D eigenvalue weighted by atomic mass is 32.2. The van der Waals surface area contributed by atoms with Gasteiger partial charge in [0.05, 0.1) is 22.7 Å². The summed E-state index contributed by atoms with van der Waals surface area (Å²) in [6.07, 6.45) is 2.29. The van der Waals surface area contributed by atoms with Gasteiger partial charge in [0.25, 0.3) is 10.0 Å². The Labute approximate surface area is 109 Å². The zero-order valence-electron chi connectivity index (χ0n) is 9.61. The van der Waals surface area contributed by atoms with Crippen LogP contribution in [0.25, 0.3) is 0 Å². The van der Waals surface area contributed by atoms with Crippen molar-refractivity contribution in [1.82, 2.24) is 4.98 Å². The molecular weight excluding hydrogens is 268 g/mol. The van der Waals surface area contributed by atoms with E-state index >= 15 is 0 Å². The lowest BCUT2D eigenvalue weighted by Crippen LogP contribution is -2.22. The maximum atomic E-state index is 12.0. The van der Waals surface area contributed by atoms with Crippen LogP contribution in [-0.4, -0.2) is 19.4 Å². The van der Waals surface area contributed by atoms with E-state index in [1.807, 2.05) is 0 Å². The minimum Gasteiger partial charge on any atom is -0.545 e. The number of rotatable bonds is 4. The molecule has 0 bridgehead atoms. The fourth-order valence-electron chi connectivity index (χ4n) is 1.42. The van der Waals surface area contributed by atoms with Gasteiger partial charge in [-0.15, -0.1) is 0 Å². The lowest BCUT2D eigenvalue weighted by Gasteiger charge is -2.09. The molecule has 1 N–H and O–H groups in total. The largest absolute Gasteiger partial charge is 0.545 e. The average molecular weight is 277 g/mol. The number of nitrogens with zero attached hydrogens (tertiary/aromatic N) is 1. The number of carbonyl (C=O) groups excluding carboxylic acids is 1. The number of hydrogen-bond donors (Lipinski definition) is 1. The molecule has 0 spiro atoms. The summed E-state index contributed by atoms with van der Waals surface area (Å²) in [6, 6.07) is 8.87. The fourth-order valence-corrected chi connectivity index (χ4v) is 2.48. The van der Waals surface area contributed by atoms with Gasteiger partial charge in [-0.1, -0.05) is 18.2 Å². The van der Waals surface area contributed by atoms with Crippen LogP contribution in [0.1, 0.15) is 10.4 Å². The van der Waals surface area contributed by atoms with Crippen molar-refractivity contribution in [3.05, 3.63) is 54.4 Å². The van der Waals surface area contributed by atoms with Crippen molar-refractivity contribution in [2.75, 3.05) is 4.72 Å². The number of aromatic nitrogens is 1. The van der Waals surface area contributed by atoms with Crippen molar-refractivity contribution in [2.45, 2.75) is 4.90 Å². The Balaban J connectivity index is 2.31. The van der Waals surface area contributed by atoms with Gasteiger partial charge in [-0.25, -0.2) is 8.42 Å². The van der Waals surface area contributed by atoms with Gasteiger partial charge in [0, 0.05) is 11.8 Å². The first-order valence-electron chi connectivity index (χ1n) is 5.23. The summed E-state index contributed by atoms with van der Waals surface area (Å²) >= 11 is 0. The molecule has 19 heavy (non-hydrogen) atoms. The van der Waals surface area contributed by atoms with E-state index in [0.29, 0.717) is 0 Å². The smallest absolute Gasteiger partial charge is 0.261 e. The number of carboxylic acid groups (broad SMARTS) is 1. The van der Waals surface area contributed by atoms with Gasteiger partial charge in [0.2, 0.25) is 0 Å². The summed E-state index contributed by atoms with van der Waals surface area (Å²) in [4.78, 5) is 14.4. The normalized spacial score (nSPS) is 10.9. The quantitative estimate of drug-likeness (QED) is 0.863. The molecule has 0 aliphatic rings. The lowest BCUT2D eigenvalue weighted by molar-refractivity contribution is -0.255. The van der Waals surface area contributed by atoms with Gasteiger partial charge in [0.15, 0.2) is 0 Å². The topological polar surface area (TPSA) is 99.2 Å². The Hall–Kier alpha value is -2.41. The van der Waals surface area contributed by atoms with Gasteiger partial charge in [-0.3, -0.25) is 9.71 Å². The highest BCUT2D eigenvalue weighted by Crippen LogP contribution is 2.15. The van der Waals surface area contributed by atoms with E-state index in [4.69, 9.17) is 0 Å². The molecule has 98 valence electrons. The summed E-state index contributed by atoms with van der Waals surface area (Å²) < 4.78 is 26.2. The van der Waals surface area contributed by atoms with Crippen LogP contribution in [0, 0.1) is 0 Å². The van der Waals surface area contributed by atoms with Crippen LogP contribution in [0.15, 0.2) is 53.7 Å². The number of aromatic carboxylic acids is 1. The third-order valence-electron chi connectivity index (χ3n) is 2.28. The summed E-state index contributed by atoms with van der Waals surface area (Å²) in [5.41, 5.74) is -0.140. The van der Waals surface area contributed by atoms with Gasteiger partial charge >= 0.3 is 0 Å². The standard InChI is InChI=1S/C12H10N2O4S/c15-12(16)9-6-10(8-13-7-9)14-19(17,18)11-4-2-1-3-5-11/h1-8,14H,(H,15,16)/p-1. The predicted molar refractivity (Wildman–Crippen MR) is 65.8 cm³/mol. The molecule has 7 heteroatoms. The molecule has 0 unspecified atom stereocenters. The van der Waals surface area contributed by atoms with Crippen molar-refractivity contribution in [3.8, 4) is 0 Å². The molecule has 0 aliphatic heterocycles. The number of benzene rings is 1. The number of pyridine rings is 1. The summed E-state index contributed by atoms with van der Waals surface area (Å²) in [5.74, 6) is -1.42. The van der Waals surface area contributed by atoms with Crippen LogP contribution in [-0.2, 0) is 10.0 Å². The molecule has 0 radical (unpaired) electrons. The second-order valence-corrected chi connectivity index (χ2v) is 5.35. The van der Waals surface area contributed by atoms with Crippen molar-refractivity contribution in [3.63, 3.8) is 0 Å². The van der Waals surface area contributed by atoms with Crippen LogP contribution >= 0.6 is 0 Å². The molecule has 0 aliphatic carbocycles. The molecular formula is C12H9N2O4S-. The fraction of sp³-hybridized carbons (Fsp3) is 0. The molecule has 0 fully saturated rings. The first-order chi connectivity index (χ1) is 8.99. The number of nitrogens with one attached hydrogen (secondary N) is 1. The molecule has 0 saturated carbocycles. The predicted octanol–water partition coefficient (Wildman–Crippen LogP) is 0.246. The average Bonchev–Trinajstić information content (AvgIpc) is 2.39. The highest BCUT2D eigenvalue weighted by molar-refractivity contribution is 7.92. The van der Waals surface area contributed by atoms with Crippen molar-refractivity contribution >= 4 is 21.7 Å². The van der Waals surface area contributed by atoms with Gasteiger partial charge in [-0.2, -0.15) is 0 Å². The Morgan fingerprint density at radius 3 is 2.47 bits per heavy atom. The molecule has 6 nitrogen and oxygen atoms in total. The van der Waals surface area contributed by atoms with E-state index in [-0.39, 0.29) is 16.1 Å². The summed E-state index contributed by atoms with van der Waals surface area (Å²) in [6.45, 7) is 0.